The fourth-order valence-electron chi connectivity index (χ4n) is 2.43. The first-order chi connectivity index (χ1) is 11.5. The van der Waals surface area contributed by atoms with E-state index < -0.39 is 21.5 Å². The molecule has 0 aromatic heterocycles. The van der Waals surface area contributed by atoms with Gasteiger partial charge in [0, 0.05) is 5.69 Å². The smallest absolute Gasteiger partial charge is 0.239 e. The van der Waals surface area contributed by atoms with Gasteiger partial charge in [-0.2, -0.15) is 0 Å². The van der Waals surface area contributed by atoms with Crippen molar-refractivity contribution in [3.05, 3.63) is 65.7 Å². The number of amides is 1. The number of rotatable bonds is 8. The van der Waals surface area contributed by atoms with Crippen molar-refractivity contribution in [1.82, 2.24) is 0 Å². The lowest BCUT2D eigenvalue weighted by Crippen LogP contribution is -2.24. The van der Waals surface area contributed by atoms with Gasteiger partial charge >= 0.3 is 0 Å². The van der Waals surface area contributed by atoms with E-state index in [1.165, 1.54) is 5.56 Å². The van der Waals surface area contributed by atoms with E-state index in [9.17, 15) is 13.2 Å². The maximum Gasteiger partial charge on any atom is 0.239 e. The second-order valence-corrected chi connectivity index (χ2v) is 7.96. The minimum atomic E-state index is -3.40. The summed E-state index contributed by atoms with van der Waals surface area (Å²) in [6.45, 7) is 2.05. The zero-order valence-electron chi connectivity index (χ0n) is 13.9. The van der Waals surface area contributed by atoms with Crippen molar-refractivity contribution in [1.29, 1.82) is 0 Å². The molecular weight excluding hydrogens is 322 g/mol. The Morgan fingerprint density at radius 2 is 1.62 bits per heavy atom. The van der Waals surface area contributed by atoms with Crippen LogP contribution in [0.1, 0.15) is 24.5 Å². The van der Waals surface area contributed by atoms with Crippen LogP contribution >= 0.6 is 0 Å². The molecule has 2 aromatic rings. The number of sulfone groups is 1. The van der Waals surface area contributed by atoms with Gasteiger partial charge in [0.05, 0.1) is 5.75 Å². The Kier molecular flexibility index (Phi) is 6.55. The van der Waals surface area contributed by atoms with Crippen molar-refractivity contribution in [2.45, 2.75) is 26.2 Å². The third-order valence-electron chi connectivity index (χ3n) is 3.76. The highest BCUT2D eigenvalue weighted by molar-refractivity contribution is 7.92. The number of carbonyl (C=O) groups is 1. The number of carbonyl (C=O) groups excluding carboxylic acids is 1. The summed E-state index contributed by atoms with van der Waals surface area (Å²) in [6.07, 6.45) is 2.13. The van der Waals surface area contributed by atoms with Crippen LogP contribution in [-0.2, 0) is 27.5 Å². The van der Waals surface area contributed by atoms with Crippen molar-refractivity contribution in [2.75, 3.05) is 16.8 Å². The van der Waals surface area contributed by atoms with Crippen LogP contribution in [-0.4, -0.2) is 25.8 Å². The quantitative estimate of drug-likeness (QED) is 0.799. The van der Waals surface area contributed by atoms with Crippen molar-refractivity contribution in [3.63, 3.8) is 0 Å². The maximum absolute atomic E-state index is 12.1. The van der Waals surface area contributed by atoms with Crippen molar-refractivity contribution in [2.24, 2.45) is 0 Å². The van der Waals surface area contributed by atoms with E-state index >= 15 is 0 Å². The van der Waals surface area contributed by atoms with Gasteiger partial charge in [-0.25, -0.2) is 8.42 Å². The Morgan fingerprint density at radius 1 is 0.958 bits per heavy atom. The predicted molar refractivity (Wildman–Crippen MR) is 97.9 cm³/mol. The van der Waals surface area contributed by atoms with Gasteiger partial charge in [0.15, 0.2) is 9.84 Å². The highest BCUT2D eigenvalue weighted by atomic mass is 32.2. The van der Waals surface area contributed by atoms with Gasteiger partial charge in [-0.05, 0) is 42.5 Å². The first kappa shape index (κ1) is 18.2. The van der Waals surface area contributed by atoms with Crippen LogP contribution in [0.15, 0.2) is 54.6 Å². The molecule has 0 fully saturated rings. The lowest BCUT2D eigenvalue weighted by atomic mass is 10.1. The van der Waals surface area contributed by atoms with Crippen LogP contribution < -0.4 is 5.32 Å². The molecule has 0 aliphatic carbocycles. The molecular formula is C19H23NO3S. The summed E-state index contributed by atoms with van der Waals surface area (Å²) in [4.78, 5) is 11.9. The zero-order valence-corrected chi connectivity index (χ0v) is 14.7. The second-order valence-electron chi connectivity index (χ2n) is 5.78. The average Bonchev–Trinajstić information content (AvgIpc) is 2.55. The molecule has 0 heterocycles. The SMILES string of the molecule is CCc1ccc(NC(=O)CS(=O)(=O)CCCc2ccccc2)cc1. The molecule has 1 amide bonds. The molecule has 0 bridgehead atoms. The largest absolute Gasteiger partial charge is 0.325 e. The van der Waals surface area contributed by atoms with Crippen molar-refractivity contribution < 1.29 is 13.2 Å². The molecule has 0 unspecified atom stereocenters. The zero-order chi connectivity index (χ0) is 17.4. The first-order valence-corrected chi connectivity index (χ1v) is 9.94. The van der Waals surface area contributed by atoms with Crippen molar-refractivity contribution >= 4 is 21.4 Å². The number of aryl methyl sites for hydroxylation is 2. The molecule has 24 heavy (non-hydrogen) atoms. The molecule has 0 spiro atoms. The summed E-state index contributed by atoms with van der Waals surface area (Å²) in [5, 5.41) is 2.64. The lowest BCUT2D eigenvalue weighted by Gasteiger charge is -2.07. The van der Waals surface area contributed by atoms with Gasteiger partial charge in [-0.1, -0.05) is 49.4 Å². The Bertz CT molecular complexity index is 753. The summed E-state index contributed by atoms with van der Waals surface area (Å²) in [6, 6.07) is 17.2. The Morgan fingerprint density at radius 3 is 2.25 bits per heavy atom. The minimum absolute atomic E-state index is 0.0179. The molecule has 2 rings (SSSR count). The Balaban J connectivity index is 1.80. The van der Waals surface area contributed by atoms with Crippen LogP contribution in [0.4, 0.5) is 5.69 Å². The number of benzene rings is 2. The fourth-order valence-corrected chi connectivity index (χ4v) is 3.63. The minimum Gasteiger partial charge on any atom is -0.325 e. The summed E-state index contributed by atoms with van der Waals surface area (Å²) >= 11 is 0. The van der Waals surface area contributed by atoms with Crippen LogP contribution in [0.5, 0.6) is 0 Å². The van der Waals surface area contributed by atoms with Crippen LogP contribution in [0.2, 0.25) is 0 Å². The molecule has 0 atom stereocenters. The van der Waals surface area contributed by atoms with Crippen molar-refractivity contribution in [3.8, 4) is 0 Å². The molecule has 0 saturated carbocycles. The molecule has 0 aliphatic heterocycles. The Labute approximate surface area is 143 Å². The number of anilines is 1. The highest BCUT2D eigenvalue weighted by Gasteiger charge is 2.16. The summed E-state index contributed by atoms with van der Waals surface area (Å²) in [7, 11) is -3.40. The van der Waals surface area contributed by atoms with Gasteiger partial charge in [-0.15, -0.1) is 0 Å². The number of hydrogen-bond donors (Lipinski definition) is 1. The summed E-state index contributed by atoms with van der Waals surface area (Å²) in [5.74, 6) is -0.944. The monoisotopic (exact) mass is 345 g/mol. The molecule has 0 saturated heterocycles. The topological polar surface area (TPSA) is 63.2 Å². The van der Waals surface area contributed by atoms with E-state index in [-0.39, 0.29) is 5.75 Å². The molecule has 0 aliphatic rings. The normalized spacial score (nSPS) is 11.2. The average molecular weight is 345 g/mol. The van der Waals surface area contributed by atoms with Crippen LogP contribution in [0, 0.1) is 0 Å². The second kappa shape index (κ2) is 8.64. The third-order valence-corrected chi connectivity index (χ3v) is 5.37. The van der Waals surface area contributed by atoms with E-state index in [4.69, 9.17) is 0 Å². The van der Waals surface area contributed by atoms with Crippen LogP contribution in [0.25, 0.3) is 0 Å². The standard InChI is InChI=1S/C19H23NO3S/c1-2-16-10-12-18(13-11-16)20-19(21)15-24(22,23)14-6-9-17-7-4-3-5-8-17/h3-5,7-8,10-13H,2,6,9,14-15H2,1H3,(H,20,21). The molecule has 0 radical (unpaired) electrons. The maximum atomic E-state index is 12.1. The first-order valence-electron chi connectivity index (χ1n) is 8.11. The lowest BCUT2D eigenvalue weighted by molar-refractivity contribution is -0.113. The van der Waals surface area contributed by atoms with E-state index in [1.54, 1.807) is 12.1 Å². The van der Waals surface area contributed by atoms with E-state index in [0.717, 1.165) is 12.0 Å². The molecule has 5 heteroatoms. The number of hydrogen-bond acceptors (Lipinski definition) is 3. The van der Waals surface area contributed by atoms with Gasteiger partial charge in [0.1, 0.15) is 5.75 Å². The van der Waals surface area contributed by atoms with Gasteiger partial charge < -0.3 is 5.32 Å². The van der Waals surface area contributed by atoms with E-state index in [2.05, 4.69) is 12.2 Å². The van der Waals surface area contributed by atoms with Gasteiger partial charge in [0.25, 0.3) is 0 Å². The highest BCUT2D eigenvalue weighted by Crippen LogP contribution is 2.10. The Hall–Kier alpha value is -2.14. The molecule has 4 nitrogen and oxygen atoms in total. The van der Waals surface area contributed by atoms with E-state index in [0.29, 0.717) is 18.5 Å². The van der Waals surface area contributed by atoms with E-state index in [1.807, 2.05) is 42.5 Å². The van der Waals surface area contributed by atoms with Gasteiger partial charge in [-0.3, -0.25) is 4.79 Å². The third kappa shape index (κ3) is 6.16. The molecule has 1 N–H and O–H groups in total. The summed E-state index contributed by atoms with van der Waals surface area (Å²) in [5.41, 5.74) is 2.89. The van der Waals surface area contributed by atoms with Gasteiger partial charge in [0.2, 0.25) is 5.91 Å². The molecule has 2 aromatic carbocycles. The predicted octanol–water partition coefficient (Wildman–Crippen LogP) is 3.24. The van der Waals surface area contributed by atoms with Crippen LogP contribution in [0.3, 0.4) is 0 Å². The fraction of sp³-hybridized carbons (Fsp3) is 0.316. The molecule has 128 valence electrons. The number of nitrogens with one attached hydrogen (secondary N) is 1. The summed E-state index contributed by atoms with van der Waals surface area (Å²) < 4.78 is 24.1.